The predicted octanol–water partition coefficient (Wildman–Crippen LogP) is 7.27. The fourth-order valence-electron chi connectivity index (χ4n) is 4.70. The van der Waals surface area contributed by atoms with Gasteiger partial charge in [0.2, 0.25) is 0 Å². The summed E-state index contributed by atoms with van der Waals surface area (Å²) in [7, 11) is 0. The maximum Gasteiger partial charge on any atom is 0.258 e. The van der Waals surface area contributed by atoms with E-state index in [0.717, 1.165) is 21.1 Å². The molecule has 0 radical (unpaired) electrons. The summed E-state index contributed by atoms with van der Waals surface area (Å²) in [6, 6.07) is 24.3. The number of hydrogen-bond acceptors (Lipinski definition) is 1. The minimum Gasteiger partial charge on any atom is -0.300 e. The highest BCUT2D eigenvalue weighted by Gasteiger charge is 2.44. The maximum absolute atomic E-state index is 13.8. The minimum absolute atomic E-state index is 0.00974. The summed E-state index contributed by atoms with van der Waals surface area (Å²) in [5.74, 6) is 0.689. The van der Waals surface area contributed by atoms with Crippen LogP contribution in [0.1, 0.15) is 39.9 Å². The molecule has 3 atom stereocenters. The van der Waals surface area contributed by atoms with Crippen LogP contribution in [0.15, 0.2) is 93.9 Å². The van der Waals surface area contributed by atoms with Gasteiger partial charge in [-0.1, -0.05) is 74.3 Å². The van der Waals surface area contributed by atoms with Gasteiger partial charge < -0.3 is 4.90 Å². The topological polar surface area (TPSA) is 20.3 Å². The molecule has 0 aromatic heterocycles. The van der Waals surface area contributed by atoms with Crippen LogP contribution in [0.5, 0.6) is 0 Å². The van der Waals surface area contributed by atoms with Crippen LogP contribution in [0.4, 0.5) is 5.69 Å². The standard InChI is InChI=1S/C25H19Br2NO/c26-18-11-9-16(10-12-18)24-21-8-4-7-20(21)22-15-19(27)13-14-23(22)28(24)25(29)17-5-2-1-3-6-17/h1-7,9-15,20-21,24H,8H2. The maximum atomic E-state index is 13.8. The van der Waals surface area contributed by atoms with Crippen LogP contribution >= 0.6 is 31.9 Å². The van der Waals surface area contributed by atoms with Gasteiger partial charge in [0.05, 0.1) is 6.04 Å². The summed E-state index contributed by atoms with van der Waals surface area (Å²) >= 11 is 7.17. The third-order valence-electron chi connectivity index (χ3n) is 5.96. The number of amides is 1. The molecular formula is C25H19Br2NO. The smallest absolute Gasteiger partial charge is 0.258 e. The fourth-order valence-corrected chi connectivity index (χ4v) is 5.34. The van der Waals surface area contributed by atoms with E-state index in [0.29, 0.717) is 17.4 Å². The summed E-state index contributed by atoms with van der Waals surface area (Å²) in [6.45, 7) is 0. The Morgan fingerprint density at radius 3 is 2.38 bits per heavy atom. The molecule has 1 aliphatic carbocycles. The van der Waals surface area contributed by atoms with Crippen molar-refractivity contribution in [1.29, 1.82) is 0 Å². The Balaban J connectivity index is 1.71. The average molecular weight is 509 g/mol. The Morgan fingerprint density at radius 1 is 0.897 bits per heavy atom. The second kappa shape index (κ2) is 7.58. The lowest BCUT2D eigenvalue weighted by molar-refractivity contribution is 0.0961. The highest BCUT2D eigenvalue weighted by atomic mass is 79.9. The summed E-state index contributed by atoms with van der Waals surface area (Å²) in [5, 5.41) is 0. The Bertz CT molecular complexity index is 1090. The lowest BCUT2D eigenvalue weighted by Crippen LogP contribution is -2.43. The third-order valence-corrected chi connectivity index (χ3v) is 6.98. The first-order valence-corrected chi connectivity index (χ1v) is 11.3. The van der Waals surface area contributed by atoms with Gasteiger partial charge in [-0.2, -0.15) is 0 Å². The molecule has 144 valence electrons. The number of fused-ring (bicyclic) bond motifs is 3. The van der Waals surface area contributed by atoms with Crippen LogP contribution in [-0.4, -0.2) is 5.91 Å². The second-order valence-corrected chi connectivity index (χ2v) is 9.43. The highest BCUT2D eigenvalue weighted by molar-refractivity contribution is 9.10. The molecule has 0 bridgehead atoms. The number of carbonyl (C=O) groups excluding carboxylic acids is 1. The van der Waals surface area contributed by atoms with Gasteiger partial charge in [0.15, 0.2) is 0 Å². The molecule has 0 spiro atoms. The van der Waals surface area contributed by atoms with Gasteiger partial charge in [-0.15, -0.1) is 0 Å². The van der Waals surface area contributed by atoms with Gasteiger partial charge in [-0.3, -0.25) is 4.79 Å². The normalized spacial score (nSPS) is 22.3. The second-order valence-electron chi connectivity index (χ2n) is 7.59. The van der Waals surface area contributed by atoms with Gasteiger partial charge in [-0.05, 0) is 65.9 Å². The fraction of sp³-hybridized carbons (Fsp3) is 0.160. The molecule has 1 heterocycles. The van der Waals surface area contributed by atoms with Gasteiger partial charge in [-0.25, -0.2) is 0 Å². The first-order valence-electron chi connectivity index (χ1n) is 9.73. The van der Waals surface area contributed by atoms with Crippen molar-refractivity contribution in [3.05, 3.63) is 111 Å². The first kappa shape index (κ1) is 18.8. The van der Waals surface area contributed by atoms with Crippen LogP contribution in [-0.2, 0) is 0 Å². The van der Waals surface area contributed by atoms with E-state index in [-0.39, 0.29) is 11.9 Å². The molecule has 5 rings (SSSR count). The molecule has 1 amide bonds. The van der Waals surface area contributed by atoms with Gasteiger partial charge in [0.25, 0.3) is 5.91 Å². The quantitative estimate of drug-likeness (QED) is 0.333. The van der Waals surface area contributed by atoms with E-state index in [9.17, 15) is 4.79 Å². The molecule has 1 aliphatic heterocycles. The third kappa shape index (κ3) is 3.28. The molecule has 0 saturated carbocycles. The Kier molecular flexibility index (Phi) is 4.92. The largest absolute Gasteiger partial charge is 0.300 e. The molecule has 0 fully saturated rings. The van der Waals surface area contributed by atoms with Gasteiger partial charge >= 0.3 is 0 Å². The van der Waals surface area contributed by atoms with Crippen LogP contribution in [0.3, 0.4) is 0 Å². The number of halogens is 2. The van der Waals surface area contributed by atoms with Crippen LogP contribution in [0, 0.1) is 5.92 Å². The van der Waals surface area contributed by atoms with E-state index in [1.807, 2.05) is 41.3 Å². The van der Waals surface area contributed by atoms with Gasteiger partial charge in [0, 0.05) is 26.1 Å². The number of nitrogens with zero attached hydrogens (tertiary/aromatic N) is 1. The summed E-state index contributed by atoms with van der Waals surface area (Å²) < 4.78 is 2.09. The van der Waals surface area contributed by atoms with Crippen molar-refractivity contribution in [2.24, 2.45) is 5.92 Å². The van der Waals surface area contributed by atoms with Crippen molar-refractivity contribution < 1.29 is 4.79 Å². The van der Waals surface area contributed by atoms with Crippen molar-refractivity contribution in [1.82, 2.24) is 0 Å². The molecule has 0 N–H and O–H groups in total. The molecule has 3 aromatic carbocycles. The van der Waals surface area contributed by atoms with E-state index < -0.39 is 0 Å². The lowest BCUT2D eigenvalue weighted by atomic mass is 9.75. The Hall–Kier alpha value is -2.17. The number of anilines is 1. The number of rotatable bonds is 2. The number of hydrogen-bond donors (Lipinski definition) is 0. The molecule has 2 nitrogen and oxygen atoms in total. The van der Waals surface area contributed by atoms with Crippen molar-refractivity contribution in [3.8, 4) is 0 Å². The zero-order valence-electron chi connectivity index (χ0n) is 15.6. The summed E-state index contributed by atoms with van der Waals surface area (Å²) in [5.41, 5.74) is 4.11. The lowest BCUT2D eigenvalue weighted by Gasteiger charge is -2.44. The van der Waals surface area contributed by atoms with Crippen molar-refractivity contribution in [3.63, 3.8) is 0 Å². The molecule has 3 aromatic rings. The van der Waals surface area contributed by atoms with E-state index in [2.05, 4.69) is 80.4 Å². The number of carbonyl (C=O) groups is 1. The molecule has 0 saturated heterocycles. The van der Waals surface area contributed by atoms with E-state index in [4.69, 9.17) is 0 Å². The van der Waals surface area contributed by atoms with Crippen molar-refractivity contribution in [2.45, 2.75) is 18.4 Å². The van der Waals surface area contributed by atoms with Crippen molar-refractivity contribution in [2.75, 3.05) is 4.90 Å². The molecular weight excluding hydrogens is 490 g/mol. The minimum atomic E-state index is -0.00974. The van der Waals surface area contributed by atoms with Crippen LogP contribution in [0.25, 0.3) is 0 Å². The number of allylic oxidation sites excluding steroid dienone is 2. The summed E-state index contributed by atoms with van der Waals surface area (Å²) in [4.78, 5) is 15.8. The number of benzene rings is 3. The first-order chi connectivity index (χ1) is 14.1. The monoisotopic (exact) mass is 507 g/mol. The van der Waals surface area contributed by atoms with E-state index in [1.165, 1.54) is 11.1 Å². The summed E-state index contributed by atoms with van der Waals surface area (Å²) in [6.07, 6.45) is 5.55. The van der Waals surface area contributed by atoms with Gasteiger partial charge in [0.1, 0.15) is 0 Å². The highest BCUT2D eigenvalue weighted by Crippen LogP contribution is 2.53. The predicted molar refractivity (Wildman–Crippen MR) is 124 cm³/mol. The van der Waals surface area contributed by atoms with E-state index in [1.54, 1.807) is 0 Å². The van der Waals surface area contributed by atoms with Crippen LogP contribution < -0.4 is 4.90 Å². The molecule has 4 heteroatoms. The average Bonchev–Trinajstić information content (AvgIpc) is 3.24. The Labute approximate surface area is 187 Å². The molecule has 2 aliphatic rings. The zero-order chi connectivity index (χ0) is 20.0. The van der Waals surface area contributed by atoms with E-state index >= 15 is 0 Å². The zero-order valence-corrected chi connectivity index (χ0v) is 18.8. The van der Waals surface area contributed by atoms with Crippen molar-refractivity contribution >= 4 is 43.5 Å². The molecule has 3 unspecified atom stereocenters. The van der Waals surface area contributed by atoms with Crippen LogP contribution in [0.2, 0.25) is 0 Å². The Morgan fingerprint density at radius 2 is 1.62 bits per heavy atom. The SMILES string of the molecule is O=C(c1ccccc1)N1c2ccc(Br)cc2C2C=CCC2C1c1ccc(Br)cc1. The molecule has 29 heavy (non-hydrogen) atoms.